The molecule has 466 valence electrons. The van der Waals surface area contributed by atoms with Crippen molar-refractivity contribution >= 4 is 0 Å². The molecule has 4 nitrogen and oxygen atoms in total. The smallest absolute Gasteiger partial charge is 0.0224 e. The van der Waals surface area contributed by atoms with E-state index in [0.717, 1.165) is 51.4 Å². The van der Waals surface area contributed by atoms with Crippen LogP contribution in [-0.4, -0.2) is 48.3 Å². The van der Waals surface area contributed by atoms with E-state index in [1.165, 1.54) is 117 Å². The van der Waals surface area contributed by atoms with Crippen molar-refractivity contribution in [3.63, 3.8) is 0 Å². The lowest BCUT2D eigenvalue weighted by atomic mass is 9.75. The van der Waals surface area contributed by atoms with E-state index in [1.54, 1.807) is 0 Å². The van der Waals surface area contributed by atoms with Gasteiger partial charge in [0, 0.05) is 66.1 Å². The third kappa shape index (κ3) is 11.6. The predicted molar refractivity (Wildman–Crippen MR) is 396 cm³/mol. The topological polar surface area (TPSA) is 48.1 Å². The molecule has 0 saturated carbocycles. The molecule has 8 bridgehead atoms. The lowest BCUT2D eigenvalue weighted by Crippen LogP contribution is -2.50. The zero-order valence-electron chi connectivity index (χ0n) is 54.0. The van der Waals surface area contributed by atoms with E-state index >= 15 is 0 Å². The first-order valence-corrected chi connectivity index (χ1v) is 35.2. The minimum atomic E-state index is 0.0746. The van der Waals surface area contributed by atoms with Gasteiger partial charge in [0.05, 0.1) is 0 Å². The number of rotatable bonds is 12. The fourth-order valence-corrected chi connectivity index (χ4v) is 18.2. The van der Waals surface area contributed by atoms with Crippen molar-refractivity contribution in [2.75, 3.05) is 0 Å². The molecule has 17 rings (SSSR count). The van der Waals surface area contributed by atoms with Gasteiger partial charge in [-0.1, -0.05) is 273 Å². The van der Waals surface area contributed by atoms with E-state index in [-0.39, 0.29) is 54.0 Å². The maximum absolute atomic E-state index is 4.79. The third-order valence-corrected chi connectivity index (χ3v) is 22.3. The Balaban J connectivity index is 0.907. The van der Waals surface area contributed by atoms with Gasteiger partial charge in [-0.3, -0.25) is 0 Å². The number of nitrogens with one attached hydrogen (secondary N) is 4. The molecule has 12 aromatic carbocycles. The Kier molecular flexibility index (Phi) is 16.4. The van der Waals surface area contributed by atoms with Crippen LogP contribution < -0.4 is 21.3 Å². The highest BCUT2D eigenvalue weighted by atomic mass is 15.1. The lowest BCUT2D eigenvalue weighted by molar-refractivity contribution is 0.331. The van der Waals surface area contributed by atoms with Crippen molar-refractivity contribution in [2.24, 2.45) is 0 Å². The Morgan fingerprint density at radius 3 is 0.484 bits per heavy atom. The summed E-state index contributed by atoms with van der Waals surface area (Å²) in [5.74, 6) is 0.339. The maximum atomic E-state index is 4.79. The van der Waals surface area contributed by atoms with Crippen LogP contribution in [-0.2, 0) is 0 Å². The van der Waals surface area contributed by atoms with E-state index in [1.807, 2.05) is 0 Å². The van der Waals surface area contributed by atoms with Crippen LogP contribution in [0.5, 0.6) is 0 Å². The standard InChI is InChI=1S/C91H82N4/c1-10-28-60(29-11-1)69-54-72(63-34-16-4-17-35-63)86(73(55-69)64-36-18-5-19-37-64)89-80-48-46-78(92-80)79-47-49-81(93-79)90(87-74(65-38-20-6-21-39-65)56-70(61-30-12-2-13-31-61)57-75(87)66-40-22-7-23-41-66)83-51-53-85(95-83)91(84-52-50-82(89)94-84)88-76(67-42-24-8-25-43-67)58-71(62-32-14-3-15-33-62)59-77(88)68-44-26-9-27-45-68/h1-45,54-59,78-85,89-95H,46-53H2. The summed E-state index contributed by atoms with van der Waals surface area (Å²) in [7, 11) is 0. The first-order valence-electron chi connectivity index (χ1n) is 35.2. The second-order valence-corrected chi connectivity index (χ2v) is 27.7. The summed E-state index contributed by atoms with van der Waals surface area (Å²) in [6.45, 7) is 0. The molecule has 0 aromatic heterocycles. The first-order chi connectivity index (χ1) is 47.1. The molecule has 10 atom stereocenters. The van der Waals surface area contributed by atoms with Crippen molar-refractivity contribution in [1.29, 1.82) is 0 Å². The highest BCUT2D eigenvalue weighted by Crippen LogP contribution is 2.54. The summed E-state index contributed by atoms with van der Waals surface area (Å²) in [5.41, 5.74) is 27.3. The minimum Gasteiger partial charge on any atom is -0.310 e. The van der Waals surface area contributed by atoms with Crippen LogP contribution in [0.2, 0.25) is 0 Å². The molecule has 0 aliphatic carbocycles. The van der Waals surface area contributed by atoms with Gasteiger partial charge in [0.15, 0.2) is 0 Å². The van der Waals surface area contributed by atoms with Crippen molar-refractivity contribution in [3.05, 3.63) is 326 Å². The summed E-state index contributed by atoms with van der Waals surface area (Å²) in [6, 6.07) is 119. The zero-order chi connectivity index (χ0) is 63.0. The second-order valence-electron chi connectivity index (χ2n) is 27.7. The highest BCUT2D eigenvalue weighted by molar-refractivity contribution is 5.89. The fourth-order valence-electron chi connectivity index (χ4n) is 18.2. The molecule has 5 heterocycles. The van der Waals surface area contributed by atoms with Gasteiger partial charge in [-0.05, 0) is 205 Å². The molecule has 5 fully saturated rings. The summed E-state index contributed by atoms with van der Waals surface area (Å²) in [6.07, 6.45) is 8.63. The molecule has 12 aromatic rings. The average molecular weight is 1230 g/mol. The SMILES string of the molecule is c1ccc(-c2cc(-c3ccccc3)c(C3C4CCC(N4)C4CCC(N4)C(c4c(-c5ccccc5)cc(-c5ccccc5)cc4-c4ccccc4)C4CCC(N4)C(c4c(-c5ccccc5)cc(-c5ccccc5)cc4-c4ccccc4)C4CCC3N4)c(-c3ccccc3)c2)cc1. The Bertz CT molecular complexity index is 4190. The average Bonchev–Trinajstić information content (AvgIpc) is 1.73. The molecule has 4 heteroatoms. The summed E-state index contributed by atoms with van der Waals surface area (Å²) >= 11 is 0. The zero-order valence-corrected chi connectivity index (χ0v) is 54.0. The van der Waals surface area contributed by atoms with E-state index in [4.69, 9.17) is 10.6 Å². The molecular weight excluding hydrogens is 1150 g/mol. The van der Waals surface area contributed by atoms with Crippen LogP contribution in [0.25, 0.3) is 100 Å². The molecule has 0 radical (unpaired) electrons. The first kappa shape index (κ1) is 59.2. The van der Waals surface area contributed by atoms with Crippen LogP contribution in [0.3, 0.4) is 0 Å². The third-order valence-electron chi connectivity index (χ3n) is 22.3. The van der Waals surface area contributed by atoms with Gasteiger partial charge < -0.3 is 21.3 Å². The van der Waals surface area contributed by atoms with Gasteiger partial charge in [-0.15, -0.1) is 0 Å². The Morgan fingerprint density at radius 1 is 0.158 bits per heavy atom. The Morgan fingerprint density at radius 2 is 0.305 bits per heavy atom. The van der Waals surface area contributed by atoms with Gasteiger partial charge in [-0.2, -0.15) is 0 Å². The molecule has 4 N–H and O–H groups in total. The van der Waals surface area contributed by atoms with Gasteiger partial charge in [0.1, 0.15) is 0 Å². The molecular formula is C91H82N4. The van der Waals surface area contributed by atoms with E-state index in [2.05, 4.69) is 320 Å². The molecule has 5 aliphatic heterocycles. The van der Waals surface area contributed by atoms with Crippen LogP contribution >= 0.6 is 0 Å². The molecule has 5 saturated heterocycles. The van der Waals surface area contributed by atoms with Crippen molar-refractivity contribution in [1.82, 2.24) is 21.3 Å². The van der Waals surface area contributed by atoms with Crippen molar-refractivity contribution in [3.8, 4) is 100 Å². The number of benzene rings is 12. The number of hydrogen-bond acceptors (Lipinski definition) is 4. The predicted octanol–water partition coefficient (Wildman–Crippen LogP) is 20.8. The van der Waals surface area contributed by atoms with Gasteiger partial charge in [0.2, 0.25) is 0 Å². The van der Waals surface area contributed by atoms with Crippen LogP contribution in [0.1, 0.15) is 85.8 Å². The maximum Gasteiger partial charge on any atom is 0.0224 e. The molecule has 0 spiro atoms. The summed E-state index contributed by atoms with van der Waals surface area (Å²) in [5, 5.41) is 18.8. The number of fused-ring (bicyclic) bond motifs is 9. The van der Waals surface area contributed by atoms with Crippen LogP contribution in [0, 0.1) is 0 Å². The molecule has 0 amide bonds. The van der Waals surface area contributed by atoms with Crippen molar-refractivity contribution in [2.45, 2.75) is 117 Å². The van der Waals surface area contributed by atoms with Crippen LogP contribution in [0.4, 0.5) is 0 Å². The molecule has 10 unspecified atom stereocenters. The Hall–Kier alpha value is -9.52. The quantitative estimate of drug-likeness (QED) is 0.0985. The lowest BCUT2D eigenvalue weighted by Gasteiger charge is -2.38. The normalized spacial score (nSPS) is 23.8. The summed E-state index contributed by atoms with van der Waals surface area (Å²) < 4.78 is 0. The molecule has 5 aliphatic rings. The van der Waals surface area contributed by atoms with Gasteiger partial charge in [0.25, 0.3) is 0 Å². The van der Waals surface area contributed by atoms with Crippen molar-refractivity contribution < 1.29 is 0 Å². The summed E-state index contributed by atoms with van der Waals surface area (Å²) in [4.78, 5) is 0. The van der Waals surface area contributed by atoms with Gasteiger partial charge in [-0.25, -0.2) is 0 Å². The fraction of sp³-hybridized carbons (Fsp3) is 0.209. The van der Waals surface area contributed by atoms with Crippen LogP contribution in [0.15, 0.2) is 309 Å². The minimum absolute atomic E-state index is 0.0746. The van der Waals surface area contributed by atoms with Gasteiger partial charge >= 0.3 is 0 Å². The van der Waals surface area contributed by atoms with E-state index < -0.39 is 0 Å². The Labute approximate surface area is 561 Å². The van der Waals surface area contributed by atoms with E-state index in [0.29, 0.717) is 12.1 Å². The molecule has 95 heavy (non-hydrogen) atoms. The second kappa shape index (κ2) is 26.3. The number of hydrogen-bond donors (Lipinski definition) is 4. The van der Waals surface area contributed by atoms with E-state index in [9.17, 15) is 0 Å². The largest absolute Gasteiger partial charge is 0.310 e. The highest BCUT2D eigenvalue weighted by Gasteiger charge is 2.51. The monoisotopic (exact) mass is 1230 g/mol.